The molecule has 0 radical (unpaired) electrons. The molecule has 0 aliphatic rings. The number of hydrogen-bond donors (Lipinski definition) is 0. The second-order valence-corrected chi connectivity index (χ2v) is 2.91. The van der Waals surface area contributed by atoms with Gasteiger partial charge in [-0.15, -0.1) is 13.2 Å². The zero-order chi connectivity index (χ0) is 14.3. The zero-order valence-electron chi connectivity index (χ0n) is 9.86. The molecule has 0 fully saturated rings. The smallest absolute Gasteiger partial charge is 0.0431 e. The molecule has 0 aromatic carbocycles. The predicted octanol–water partition coefficient (Wildman–Crippen LogP) is -1.73. The van der Waals surface area contributed by atoms with Crippen LogP contribution in [-0.2, 0) is 0 Å². The molecule has 6 nitrogen and oxygen atoms in total. The van der Waals surface area contributed by atoms with Gasteiger partial charge in [-0.2, -0.15) is 0 Å². The third-order valence-electron chi connectivity index (χ3n) is 0. The first kappa shape index (κ1) is 23.7. The summed E-state index contributed by atoms with van der Waals surface area (Å²) in [6.07, 6.45) is -4.67. The van der Waals surface area contributed by atoms with Crippen LogP contribution in [0.25, 0.3) is 0 Å². The van der Waals surface area contributed by atoms with Gasteiger partial charge in [0.05, 0.1) is 0 Å². The molecule has 0 saturated carbocycles. The van der Waals surface area contributed by atoms with Gasteiger partial charge in [0.1, 0.15) is 0 Å². The van der Waals surface area contributed by atoms with Crippen LogP contribution >= 0.6 is 0 Å². The highest BCUT2D eigenvalue weighted by molar-refractivity contribution is 5.47. The highest BCUT2D eigenvalue weighted by Gasteiger charge is 1.52. The molecule has 0 spiro atoms. The number of carbonyl (C=O) groups excluding carboxylic acids is 2. The van der Waals surface area contributed by atoms with Crippen molar-refractivity contribution in [1.29, 1.82) is 0 Å². The Morgan fingerprint density at radius 3 is 0.688 bits per heavy atom. The van der Waals surface area contributed by atoms with E-state index >= 15 is 0 Å². The van der Waals surface area contributed by atoms with E-state index < -0.39 is 12.3 Å². The maximum Gasteiger partial charge on any atom is -0.0431 e. The molecule has 0 atom stereocenters. The highest BCUT2D eigenvalue weighted by atomic mass is 16.6. The van der Waals surface area contributed by atoms with Crippen molar-refractivity contribution in [2.45, 2.75) is 27.7 Å². The molecule has 0 heterocycles. The van der Waals surface area contributed by atoms with Crippen molar-refractivity contribution in [3.05, 3.63) is 24.3 Å². The lowest BCUT2D eigenvalue weighted by molar-refractivity contribution is -0.417. The molecule has 16 heavy (non-hydrogen) atoms. The van der Waals surface area contributed by atoms with Crippen LogP contribution in [0.2, 0.25) is 0 Å². The van der Waals surface area contributed by atoms with Crippen LogP contribution < -0.4 is 20.4 Å². The molecule has 0 saturated heterocycles. The van der Waals surface area contributed by atoms with E-state index in [1.165, 1.54) is 11.1 Å². The number of carboxylic acid groups (broad SMARTS) is 4. The van der Waals surface area contributed by atoms with Gasteiger partial charge < -0.3 is 30.0 Å². The fraction of sp³-hybridized carbons (Fsp3) is 0.400. The summed E-state index contributed by atoms with van der Waals surface area (Å²) in [5.74, 6) is 0. The average Bonchev–Trinajstić information content (AvgIpc) is 1.76. The number of rotatable bonds is 0. The number of carbonyl (C=O) groups is 2. The van der Waals surface area contributed by atoms with Crippen molar-refractivity contribution >= 4 is 12.3 Å². The largest absolute Gasteiger partial charge is 0.652 e. The fourth-order valence-corrected chi connectivity index (χ4v) is 0. The molecule has 0 amide bonds. The Kier molecular flexibility index (Phi) is 27.7. The highest BCUT2D eigenvalue weighted by Crippen LogP contribution is 1.74. The predicted molar refractivity (Wildman–Crippen MR) is 51.8 cm³/mol. The van der Waals surface area contributed by atoms with Crippen LogP contribution in [-0.4, -0.2) is 12.3 Å². The van der Waals surface area contributed by atoms with Crippen LogP contribution in [0.4, 0.5) is 9.59 Å². The van der Waals surface area contributed by atoms with E-state index in [9.17, 15) is 0 Å². The van der Waals surface area contributed by atoms with Gasteiger partial charge in [-0.1, -0.05) is 11.1 Å². The molecule has 0 rings (SSSR count). The van der Waals surface area contributed by atoms with Gasteiger partial charge >= 0.3 is 0 Å². The van der Waals surface area contributed by atoms with Crippen molar-refractivity contribution in [3.63, 3.8) is 0 Å². The lowest BCUT2D eigenvalue weighted by Crippen LogP contribution is -2.37. The van der Waals surface area contributed by atoms with Gasteiger partial charge in [-0.05, 0) is 40.0 Å². The third kappa shape index (κ3) is 372. The van der Waals surface area contributed by atoms with Crippen LogP contribution in [0.3, 0.4) is 0 Å². The standard InChI is InChI=1S/2C4H8.2CH2O3/c2*1-4(2)3;2*2-1(3)4/h2*1H2,2-3H3;2*(H2,2,3,4)/p-4. The Morgan fingerprint density at radius 1 is 0.688 bits per heavy atom. The number of allylic oxidation sites excluding steroid dienone is 2. The van der Waals surface area contributed by atoms with Crippen LogP contribution in [0.1, 0.15) is 27.7 Å². The van der Waals surface area contributed by atoms with E-state index in [0.717, 1.165) is 0 Å². The van der Waals surface area contributed by atoms with Gasteiger partial charge in [0.15, 0.2) is 0 Å². The minimum atomic E-state index is -2.33. The van der Waals surface area contributed by atoms with E-state index in [-0.39, 0.29) is 0 Å². The zero-order valence-corrected chi connectivity index (χ0v) is 9.86. The van der Waals surface area contributed by atoms with Crippen molar-refractivity contribution in [2.75, 3.05) is 0 Å². The molecule has 6 heteroatoms. The normalized spacial score (nSPS) is 6.25. The Morgan fingerprint density at radius 2 is 0.688 bits per heavy atom. The van der Waals surface area contributed by atoms with Crippen molar-refractivity contribution in [2.24, 2.45) is 0 Å². The monoisotopic (exact) mass is 232 g/mol. The first-order chi connectivity index (χ1) is 6.93. The van der Waals surface area contributed by atoms with E-state index in [2.05, 4.69) is 13.2 Å². The van der Waals surface area contributed by atoms with E-state index in [4.69, 9.17) is 30.0 Å². The minimum Gasteiger partial charge on any atom is -0.652 e. The van der Waals surface area contributed by atoms with Crippen molar-refractivity contribution in [3.8, 4) is 0 Å². The van der Waals surface area contributed by atoms with E-state index in [1.54, 1.807) is 0 Å². The Bertz CT molecular complexity index is 155. The molecule has 0 bridgehead atoms. The van der Waals surface area contributed by atoms with Crippen molar-refractivity contribution in [1.82, 2.24) is 0 Å². The second-order valence-electron chi connectivity index (χ2n) is 2.91. The fourth-order valence-electron chi connectivity index (χ4n) is 0. The summed E-state index contributed by atoms with van der Waals surface area (Å²) < 4.78 is 0. The first-order valence-corrected chi connectivity index (χ1v) is 3.93. The van der Waals surface area contributed by atoms with Crippen molar-refractivity contribution < 1.29 is 30.0 Å². The maximum atomic E-state index is 8.33. The number of hydrogen-bond acceptors (Lipinski definition) is 6. The van der Waals surface area contributed by atoms with Crippen LogP contribution in [0.5, 0.6) is 0 Å². The minimum absolute atomic E-state index is 1.17. The molecular weight excluding hydrogens is 216 g/mol. The maximum absolute atomic E-state index is 8.33. The van der Waals surface area contributed by atoms with Crippen LogP contribution in [0, 0.1) is 0 Å². The van der Waals surface area contributed by atoms with Gasteiger partial charge in [0, 0.05) is 0 Å². The summed E-state index contributed by atoms with van der Waals surface area (Å²) in [7, 11) is 0. The van der Waals surface area contributed by atoms with Crippen LogP contribution in [0.15, 0.2) is 24.3 Å². The Labute approximate surface area is 95.2 Å². The molecule has 0 aliphatic carbocycles. The summed E-state index contributed by atoms with van der Waals surface area (Å²) in [5.41, 5.74) is 2.33. The summed E-state index contributed by atoms with van der Waals surface area (Å²) >= 11 is 0. The average molecular weight is 232 g/mol. The van der Waals surface area contributed by atoms with E-state index in [0.29, 0.717) is 0 Å². The second kappa shape index (κ2) is 18.7. The SMILES string of the molecule is C=C(C)C.C=C(C)C.O=C([O-])[O-].O=C([O-])[O-]. The molecule has 96 valence electrons. The molecule has 0 aromatic rings. The molecule has 0 unspecified atom stereocenters. The lowest BCUT2D eigenvalue weighted by Gasteiger charge is -1.96. The lowest BCUT2D eigenvalue weighted by atomic mass is 10.4. The topological polar surface area (TPSA) is 126 Å². The Hall–Kier alpha value is -1.98. The summed E-state index contributed by atoms with van der Waals surface area (Å²) in [6, 6.07) is 0. The molecular formula is C10H16O6-4. The first-order valence-electron chi connectivity index (χ1n) is 3.93. The van der Waals surface area contributed by atoms with Gasteiger partial charge in [-0.3, -0.25) is 0 Å². The molecule has 0 aliphatic heterocycles. The third-order valence-corrected chi connectivity index (χ3v) is 0. The summed E-state index contributed by atoms with van der Waals surface area (Å²) in [5, 5.41) is 33.3. The molecule has 0 N–H and O–H groups in total. The van der Waals surface area contributed by atoms with Gasteiger partial charge in [-0.25, -0.2) is 0 Å². The van der Waals surface area contributed by atoms with Gasteiger partial charge in [0.2, 0.25) is 0 Å². The van der Waals surface area contributed by atoms with Gasteiger partial charge in [0.25, 0.3) is 0 Å². The van der Waals surface area contributed by atoms with E-state index in [1.807, 2.05) is 27.7 Å². The quantitative estimate of drug-likeness (QED) is 0.457. The summed E-state index contributed by atoms with van der Waals surface area (Å²) in [6.45, 7) is 15.0. The Balaban J connectivity index is -0.0000000600. The summed E-state index contributed by atoms with van der Waals surface area (Å²) in [4.78, 5) is 16.7. The molecule has 0 aromatic heterocycles.